The molecule has 1 saturated heterocycles. The van der Waals surface area contributed by atoms with E-state index < -0.39 is 23.5 Å². The van der Waals surface area contributed by atoms with Crippen molar-refractivity contribution >= 4 is 23.7 Å². The molecule has 1 unspecified atom stereocenters. The minimum atomic E-state index is -1.65. The first-order valence-electron chi connectivity index (χ1n) is 12.4. The van der Waals surface area contributed by atoms with Gasteiger partial charge < -0.3 is 31.1 Å². The maximum atomic E-state index is 12.6. The molecule has 0 spiro atoms. The minimum absolute atomic E-state index is 0.0402. The molecule has 10 nitrogen and oxygen atoms in total. The summed E-state index contributed by atoms with van der Waals surface area (Å²) in [5, 5.41) is 29.4. The lowest BCUT2D eigenvalue weighted by Gasteiger charge is -2.41. The molecule has 4 rings (SSSR count). The van der Waals surface area contributed by atoms with Crippen LogP contribution in [0.15, 0.2) is 42.5 Å². The zero-order valence-electron chi connectivity index (χ0n) is 20.2. The molecule has 0 radical (unpaired) electrons. The summed E-state index contributed by atoms with van der Waals surface area (Å²) < 4.78 is 0. The molecule has 1 fully saturated rings. The van der Waals surface area contributed by atoms with Gasteiger partial charge in [-0.25, -0.2) is 14.6 Å². The number of hydrogen-bond acceptors (Lipinski definition) is 6. The Balaban J connectivity index is 1.23. The molecule has 5 N–H and O–H groups in total. The highest BCUT2D eigenvalue weighted by Crippen LogP contribution is 2.27. The van der Waals surface area contributed by atoms with Crippen molar-refractivity contribution in [1.29, 1.82) is 0 Å². The van der Waals surface area contributed by atoms with E-state index in [0.29, 0.717) is 12.1 Å². The standard InChI is InChI=1S/C26H33N5O5/c32-23(19-6-2-1-3-7-19)30-21(24(33)34)26(36)12-16-31(17-13-26)25(35)28-15-5-9-20-11-10-18-8-4-14-27-22(18)29-20/h1-3,6-7,10-11,21,36H,4-5,8-9,12-17H2,(H,27,29)(H,28,35)(H,30,32)(H,33,34). The van der Waals surface area contributed by atoms with E-state index in [2.05, 4.69) is 27.0 Å². The topological polar surface area (TPSA) is 144 Å². The van der Waals surface area contributed by atoms with Crippen LogP contribution in [0, 0.1) is 0 Å². The van der Waals surface area contributed by atoms with Crippen LogP contribution in [0.2, 0.25) is 0 Å². The zero-order chi connectivity index (χ0) is 25.5. The summed E-state index contributed by atoms with van der Waals surface area (Å²) in [7, 11) is 0. The fraction of sp³-hybridized carbons (Fsp3) is 0.462. The zero-order valence-corrected chi connectivity index (χ0v) is 20.2. The minimum Gasteiger partial charge on any atom is -0.480 e. The Morgan fingerprint density at radius 3 is 2.58 bits per heavy atom. The number of aromatic nitrogens is 1. The van der Waals surface area contributed by atoms with Crippen LogP contribution in [-0.4, -0.2) is 75.8 Å². The smallest absolute Gasteiger partial charge is 0.329 e. The van der Waals surface area contributed by atoms with Crippen LogP contribution in [0.4, 0.5) is 10.6 Å². The highest BCUT2D eigenvalue weighted by atomic mass is 16.4. The predicted octanol–water partition coefficient (Wildman–Crippen LogP) is 1.79. The number of carbonyl (C=O) groups is 3. The third kappa shape index (κ3) is 6.12. The van der Waals surface area contributed by atoms with E-state index in [9.17, 15) is 24.6 Å². The number of pyridine rings is 1. The largest absolute Gasteiger partial charge is 0.480 e. The van der Waals surface area contributed by atoms with Crippen LogP contribution in [0.1, 0.15) is 47.3 Å². The Kier molecular flexibility index (Phi) is 8.04. The quantitative estimate of drug-likeness (QED) is 0.351. The number of nitrogens with one attached hydrogen (secondary N) is 3. The molecule has 192 valence electrons. The summed E-state index contributed by atoms with van der Waals surface area (Å²) in [6.07, 6.45) is 3.73. The van der Waals surface area contributed by atoms with E-state index in [-0.39, 0.29) is 32.0 Å². The van der Waals surface area contributed by atoms with Crippen LogP contribution in [0.5, 0.6) is 0 Å². The first kappa shape index (κ1) is 25.4. The van der Waals surface area contributed by atoms with Gasteiger partial charge in [-0.2, -0.15) is 0 Å². The van der Waals surface area contributed by atoms with Crippen molar-refractivity contribution in [2.45, 2.75) is 50.2 Å². The number of piperidine rings is 1. The highest BCUT2D eigenvalue weighted by molar-refractivity contribution is 5.96. The van der Waals surface area contributed by atoms with Gasteiger partial charge in [0.25, 0.3) is 5.91 Å². The molecule has 1 aromatic carbocycles. The lowest BCUT2D eigenvalue weighted by molar-refractivity contribution is -0.149. The SMILES string of the molecule is O=C(NC(C(=O)O)C1(O)CCN(C(=O)NCCCc2ccc3c(n2)NCCC3)CC1)c1ccccc1. The van der Waals surface area contributed by atoms with Crippen molar-refractivity contribution in [2.24, 2.45) is 0 Å². The first-order chi connectivity index (χ1) is 17.4. The van der Waals surface area contributed by atoms with E-state index in [1.54, 1.807) is 35.2 Å². The molecule has 3 heterocycles. The van der Waals surface area contributed by atoms with Gasteiger partial charge >= 0.3 is 12.0 Å². The van der Waals surface area contributed by atoms with Gasteiger partial charge in [0.15, 0.2) is 6.04 Å². The number of fused-ring (bicyclic) bond motifs is 1. The van der Waals surface area contributed by atoms with E-state index in [1.807, 2.05) is 6.07 Å². The maximum absolute atomic E-state index is 12.6. The number of amides is 3. The molecule has 36 heavy (non-hydrogen) atoms. The average Bonchev–Trinajstić information content (AvgIpc) is 2.90. The molecule has 0 bridgehead atoms. The van der Waals surface area contributed by atoms with Crippen LogP contribution in [-0.2, 0) is 17.6 Å². The van der Waals surface area contributed by atoms with Gasteiger partial charge in [0.05, 0.1) is 5.60 Å². The number of urea groups is 1. The van der Waals surface area contributed by atoms with Crippen molar-refractivity contribution in [1.82, 2.24) is 20.5 Å². The normalized spacial score (nSPS) is 17.3. The maximum Gasteiger partial charge on any atom is 0.329 e. The van der Waals surface area contributed by atoms with Crippen LogP contribution >= 0.6 is 0 Å². The number of carboxylic acids is 1. The number of benzene rings is 1. The number of rotatable bonds is 8. The average molecular weight is 496 g/mol. The highest BCUT2D eigenvalue weighted by Gasteiger charge is 2.45. The fourth-order valence-electron chi connectivity index (χ4n) is 4.70. The van der Waals surface area contributed by atoms with E-state index in [1.165, 1.54) is 5.56 Å². The molecule has 2 aliphatic heterocycles. The lowest BCUT2D eigenvalue weighted by Crippen LogP contribution is -2.62. The monoisotopic (exact) mass is 495 g/mol. The molecule has 3 amide bonds. The van der Waals surface area contributed by atoms with Gasteiger partial charge in [-0.15, -0.1) is 0 Å². The lowest BCUT2D eigenvalue weighted by atomic mass is 9.84. The van der Waals surface area contributed by atoms with Gasteiger partial charge in [0.2, 0.25) is 0 Å². The molecule has 2 aromatic rings. The summed E-state index contributed by atoms with van der Waals surface area (Å²) in [5.41, 5.74) is 0.885. The number of aryl methyl sites for hydroxylation is 2. The number of aliphatic hydroxyl groups is 1. The number of hydrogen-bond donors (Lipinski definition) is 5. The molecular formula is C26H33N5O5. The van der Waals surface area contributed by atoms with Crippen LogP contribution < -0.4 is 16.0 Å². The number of likely N-dealkylation sites (tertiary alicyclic amines) is 1. The predicted molar refractivity (Wildman–Crippen MR) is 134 cm³/mol. The molecule has 0 saturated carbocycles. The molecule has 1 aromatic heterocycles. The second-order valence-electron chi connectivity index (χ2n) is 9.38. The number of nitrogens with zero attached hydrogens (tertiary/aromatic N) is 2. The Labute approximate surface area is 210 Å². The third-order valence-electron chi connectivity index (χ3n) is 6.85. The fourth-order valence-corrected chi connectivity index (χ4v) is 4.70. The summed E-state index contributed by atoms with van der Waals surface area (Å²) in [6, 6.07) is 10.7. The first-order valence-corrected chi connectivity index (χ1v) is 12.4. The van der Waals surface area contributed by atoms with Gasteiger partial charge in [-0.05, 0) is 62.3 Å². The molecule has 1 atom stereocenters. The third-order valence-corrected chi connectivity index (χ3v) is 6.85. The summed E-state index contributed by atoms with van der Waals surface area (Å²) in [5.74, 6) is -0.922. The number of anilines is 1. The van der Waals surface area contributed by atoms with Gasteiger partial charge in [-0.3, -0.25) is 4.79 Å². The number of carbonyl (C=O) groups excluding carboxylic acids is 2. The molecule has 0 aliphatic carbocycles. The van der Waals surface area contributed by atoms with Crippen LogP contribution in [0.25, 0.3) is 0 Å². The number of carboxylic acid groups (broad SMARTS) is 1. The Morgan fingerprint density at radius 1 is 1.11 bits per heavy atom. The second kappa shape index (κ2) is 11.4. The number of aliphatic carboxylic acids is 1. The van der Waals surface area contributed by atoms with E-state index >= 15 is 0 Å². The molecule has 2 aliphatic rings. The Hall–Kier alpha value is -3.66. The molecule has 10 heteroatoms. The second-order valence-corrected chi connectivity index (χ2v) is 9.38. The van der Waals surface area contributed by atoms with Gasteiger partial charge in [0, 0.05) is 37.4 Å². The summed E-state index contributed by atoms with van der Waals surface area (Å²) >= 11 is 0. The van der Waals surface area contributed by atoms with Gasteiger partial charge in [0.1, 0.15) is 5.82 Å². The molecular weight excluding hydrogens is 462 g/mol. The summed E-state index contributed by atoms with van der Waals surface area (Å²) in [4.78, 5) is 43.2. The van der Waals surface area contributed by atoms with E-state index in [4.69, 9.17) is 0 Å². The van der Waals surface area contributed by atoms with Crippen molar-refractivity contribution in [3.05, 3.63) is 59.3 Å². The van der Waals surface area contributed by atoms with Crippen molar-refractivity contribution in [2.75, 3.05) is 31.5 Å². The van der Waals surface area contributed by atoms with Crippen molar-refractivity contribution in [3.8, 4) is 0 Å². The van der Waals surface area contributed by atoms with Crippen molar-refractivity contribution < 1.29 is 24.6 Å². The Bertz CT molecular complexity index is 1090. The van der Waals surface area contributed by atoms with E-state index in [0.717, 1.165) is 43.7 Å². The Morgan fingerprint density at radius 2 is 1.86 bits per heavy atom. The summed E-state index contributed by atoms with van der Waals surface area (Å²) in [6.45, 7) is 1.80. The van der Waals surface area contributed by atoms with Crippen molar-refractivity contribution in [3.63, 3.8) is 0 Å². The van der Waals surface area contributed by atoms with Gasteiger partial charge in [-0.1, -0.05) is 24.3 Å². The van der Waals surface area contributed by atoms with Crippen LogP contribution in [0.3, 0.4) is 0 Å².